The van der Waals surface area contributed by atoms with Crippen LogP contribution in [0.4, 0.5) is 0 Å². The number of aliphatic imine (C=N–C) groups is 2. The molecule has 2 rings (SSSR count). The lowest BCUT2D eigenvalue weighted by atomic mass is 10.5. The number of aromatic amines is 1. The number of nitrogens with zero attached hydrogens (tertiary/aromatic N) is 2. The third kappa shape index (κ3) is 2.16. The molecule has 1 aromatic heterocycles. The zero-order valence-corrected chi connectivity index (χ0v) is 9.58. The summed E-state index contributed by atoms with van der Waals surface area (Å²) < 4.78 is 5.13. The van der Waals surface area contributed by atoms with Crippen LogP contribution >= 0.6 is 11.3 Å². The lowest BCUT2D eigenvalue weighted by Crippen LogP contribution is -2.22. The maximum Gasteiger partial charge on any atom is 0.332 e. The van der Waals surface area contributed by atoms with Crippen LogP contribution < -0.4 is 20.5 Å². The number of ether oxygens (including phenoxy) is 1. The van der Waals surface area contributed by atoms with Crippen LogP contribution in [0.2, 0.25) is 0 Å². The third-order valence-electron chi connectivity index (χ3n) is 1.95. The highest BCUT2D eigenvalue weighted by atomic mass is 32.1. The van der Waals surface area contributed by atoms with Crippen molar-refractivity contribution >= 4 is 41.3 Å². The van der Waals surface area contributed by atoms with E-state index in [9.17, 15) is 9.59 Å². The summed E-state index contributed by atoms with van der Waals surface area (Å²) in [6, 6.07) is 0. The summed E-state index contributed by atoms with van der Waals surface area (Å²) in [6.07, 6.45) is 2.41. The van der Waals surface area contributed by atoms with Gasteiger partial charge >= 0.3 is 5.97 Å². The number of hydrogen-bond acceptors (Lipinski definition) is 7. The van der Waals surface area contributed by atoms with E-state index in [1.165, 1.54) is 13.4 Å². The molecule has 0 fully saturated rings. The maximum absolute atomic E-state index is 11.5. The zero-order chi connectivity index (χ0) is 12.4. The number of H-pyrrole nitrogens is 1. The van der Waals surface area contributed by atoms with Crippen molar-refractivity contribution < 1.29 is 9.53 Å². The van der Waals surface area contributed by atoms with Gasteiger partial charge in [0.15, 0.2) is 5.84 Å². The van der Waals surface area contributed by atoms with E-state index >= 15 is 0 Å². The number of carbonyl (C=O) groups excluding carboxylic acids is 1. The van der Waals surface area contributed by atoms with Crippen molar-refractivity contribution in [2.24, 2.45) is 15.7 Å². The number of rotatable bonds is 1. The van der Waals surface area contributed by atoms with Crippen LogP contribution in [0, 0.1) is 0 Å². The van der Waals surface area contributed by atoms with E-state index in [0.717, 1.165) is 17.4 Å². The molecule has 0 unspecified atom stereocenters. The molecule has 0 aromatic carbocycles. The SMILES string of the molecule is COC(=O)/C=c1\s/c(=C2/N=CN=C2N)[nH]c1=O. The quantitative estimate of drug-likeness (QED) is 0.558. The molecular weight excluding hydrogens is 244 g/mol. The summed E-state index contributed by atoms with van der Waals surface area (Å²) in [7, 11) is 1.24. The molecule has 8 heteroatoms. The summed E-state index contributed by atoms with van der Waals surface area (Å²) in [5, 5.41) is 0. The lowest BCUT2D eigenvalue weighted by Gasteiger charge is -1.88. The first-order valence-electron chi connectivity index (χ1n) is 4.51. The van der Waals surface area contributed by atoms with Gasteiger partial charge < -0.3 is 15.5 Å². The van der Waals surface area contributed by atoms with E-state index in [1.807, 2.05) is 0 Å². The number of thiazole rings is 1. The summed E-state index contributed by atoms with van der Waals surface area (Å²) in [6.45, 7) is 0. The van der Waals surface area contributed by atoms with E-state index in [1.54, 1.807) is 0 Å². The second-order valence-corrected chi connectivity index (χ2v) is 4.08. The monoisotopic (exact) mass is 252 g/mol. The van der Waals surface area contributed by atoms with Crippen molar-refractivity contribution in [1.82, 2.24) is 4.98 Å². The Morgan fingerprint density at radius 1 is 1.65 bits per heavy atom. The first-order valence-corrected chi connectivity index (χ1v) is 5.33. The molecule has 1 aliphatic rings. The van der Waals surface area contributed by atoms with Crippen molar-refractivity contribution in [3.63, 3.8) is 0 Å². The Hall–Kier alpha value is -2.22. The Morgan fingerprint density at radius 3 is 3.00 bits per heavy atom. The van der Waals surface area contributed by atoms with Gasteiger partial charge in [0.05, 0.1) is 7.11 Å². The molecule has 2 heterocycles. The molecule has 0 amide bonds. The van der Waals surface area contributed by atoms with Gasteiger partial charge in [0, 0.05) is 6.08 Å². The fourth-order valence-corrected chi connectivity index (χ4v) is 2.08. The van der Waals surface area contributed by atoms with Crippen LogP contribution in [-0.2, 0) is 9.53 Å². The van der Waals surface area contributed by atoms with Crippen LogP contribution in [0.3, 0.4) is 0 Å². The highest BCUT2D eigenvalue weighted by Gasteiger charge is 2.09. The van der Waals surface area contributed by atoms with Crippen molar-refractivity contribution in [1.29, 1.82) is 0 Å². The molecular formula is C9H8N4O3S. The highest BCUT2D eigenvalue weighted by molar-refractivity contribution is 7.07. The van der Waals surface area contributed by atoms with Gasteiger partial charge in [-0.1, -0.05) is 0 Å². The Bertz CT molecular complexity index is 695. The van der Waals surface area contributed by atoms with Gasteiger partial charge in [-0.15, -0.1) is 11.3 Å². The molecule has 3 N–H and O–H groups in total. The van der Waals surface area contributed by atoms with Crippen LogP contribution in [0.15, 0.2) is 14.8 Å². The van der Waals surface area contributed by atoms with Crippen LogP contribution in [0.1, 0.15) is 0 Å². The molecule has 0 radical (unpaired) electrons. The fourth-order valence-electron chi connectivity index (χ4n) is 1.17. The first-order chi connectivity index (χ1) is 8.11. The highest BCUT2D eigenvalue weighted by Crippen LogP contribution is 2.00. The van der Waals surface area contributed by atoms with Gasteiger partial charge in [-0.25, -0.2) is 14.8 Å². The Morgan fingerprint density at radius 2 is 2.41 bits per heavy atom. The fraction of sp³-hybridized carbons (Fsp3) is 0.111. The van der Waals surface area contributed by atoms with Gasteiger partial charge in [0.2, 0.25) is 0 Å². The minimum absolute atomic E-state index is 0.229. The minimum Gasteiger partial charge on any atom is -0.466 e. The normalized spacial score (nSPS) is 18.4. The average Bonchev–Trinajstić information content (AvgIpc) is 2.86. The van der Waals surface area contributed by atoms with Gasteiger partial charge in [-0.2, -0.15) is 0 Å². The summed E-state index contributed by atoms with van der Waals surface area (Å²) in [4.78, 5) is 32.8. The number of nitrogens with two attached hydrogens (primary N) is 1. The van der Waals surface area contributed by atoms with E-state index in [2.05, 4.69) is 19.7 Å². The molecule has 17 heavy (non-hydrogen) atoms. The Kier molecular flexibility index (Phi) is 2.88. The summed E-state index contributed by atoms with van der Waals surface area (Å²) >= 11 is 1.07. The lowest BCUT2D eigenvalue weighted by molar-refractivity contribution is -0.133. The topological polar surface area (TPSA) is 110 Å². The van der Waals surface area contributed by atoms with Gasteiger partial charge in [0.25, 0.3) is 5.56 Å². The number of carbonyl (C=O) groups is 1. The predicted molar refractivity (Wildman–Crippen MR) is 64.2 cm³/mol. The van der Waals surface area contributed by atoms with E-state index in [-0.39, 0.29) is 10.4 Å². The van der Waals surface area contributed by atoms with Gasteiger partial charge in [0.1, 0.15) is 21.2 Å². The van der Waals surface area contributed by atoms with Crippen molar-refractivity contribution in [2.75, 3.05) is 7.11 Å². The summed E-state index contributed by atoms with van der Waals surface area (Å²) in [5.74, 6) is -0.363. The van der Waals surface area contributed by atoms with E-state index in [0.29, 0.717) is 10.4 Å². The molecule has 0 saturated heterocycles. The molecule has 7 nitrogen and oxygen atoms in total. The zero-order valence-electron chi connectivity index (χ0n) is 8.76. The standard InChI is InChI=1S/C9H8N4O3S/c1-16-5(14)2-4-8(15)13-9(17-4)6-7(10)12-3-11-6/h2-3H,1H3,(H,13,15)(H2,10,11,12)/b4-2-,9-6+. The Labute approximate surface area is 98.7 Å². The molecule has 0 atom stereocenters. The van der Waals surface area contributed by atoms with Crippen molar-refractivity contribution in [2.45, 2.75) is 0 Å². The number of nitrogens with one attached hydrogen (secondary N) is 1. The first kappa shape index (κ1) is 11.3. The van der Waals surface area contributed by atoms with Crippen LogP contribution in [0.5, 0.6) is 0 Å². The molecule has 0 bridgehead atoms. The molecule has 0 saturated carbocycles. The second kappa shape index (κ2) is 4.34. The molecule has 88 valence electrons. The van der Waals surface area contributed by atoms with E-state index < -0.39 is 11.5 Å². The third-order valence-corrected chi connectivity index (χ3v) is 2.98. The molecule has 1 aliphatic heterocycles. The minimum atomic E-state index is -0.592. The number of hydrogen-bond donors (Lipinski definition) is 2. The number of methoxy groups -OCH3 is 1. The number of aromatic nitrogens is 1. The average molecular weight is 252 g/mol. The molecule has 1 aromatic rings. The van der Waals surface area contributed by atoms with Crippen LogP contribution in [-0.4, -0.2) is 30.2 Å². The number of amidine groups is 1. The van der Waals surface area contributed by atoms with Gasteiger partial charge in [-0.05, 0) is 0 Å². The molecule has 0 spiro atoms. The van der Waals surface area contributed by atoms with Crippen molar-refractivity contribution in [3.05, 3.63) is 19.5 Å². The number of esters is 1. The van der Waals surface area contributed by atoms with Crippen molar-refractivity contribution in [3.8, 4) is 0 Å². The predicted octanol–water partition coefficient (Wildman–Crippen LogP) is -2.10. The Balaban J connectivity index is 2.64. The summed E-state index contributed by atoms with van der Waals surface area (Å²) in [5.41, 5.74) is 5.58. The smallest absolute Gasteiger partial charge is 0.332 e. The van der Waals surface area contributed by atoms with Crippen LogP contribution in [0.25, 0.3) is 11.8 Å². The maximum atomic E-state index is 11.5. The second-order valence-electron chi connectivity index (χ2n) is 3.02. The largest absolute Gasteiger partial charge is 0.466 e. The van der Waals surface area contributed by atoms with Gasteiger partial charge in [-0.3, -0.25) is 4.79 Å². The molecule has 0 aliphatic carbocycles. The van der Waals surface area contributed by atoms with E-state index in [4.69, 9.17) is 5.73 Å².